The van der Waals surface area contributed by atoms with E-state index in [1.165, 1.54) is 0 Å². The van der Waals surface area contributed by atoms with E-state index < -0.39 is 23.6 Å². The second kappa shape index (κ2) is 8.03. The Hall–Kier alpha value is -0.140. The molecule has 0 fully saturated rings. The van der Waals surface area contributed by atoms with Crippen LogP contribution in [0, 0.1) is 0 Å². The van der Waals surface area contributed by atoms with Gasteiger partial charge < -0.3 is 10.1 Å². The largest absolute Gasteiger partial charge is 0.411 e. The molecule has 0 aliphatic rings. The third kappa shape index (κ3) is 10.4. The van der Waals surface area contributed by atoms with Crippen LogP contribution in [0.25, 0.3) is 0 Å². The standard InChI is InChI=1S/C9H18F3NO2S/c1-8(16(2)14)3-4-13-5-6-15-7-9(10,11)12/h8,13H,3-7H2,1-2H3. The highest BCUT2D eigenvalue weighted by Gasteiger charge is 2.27. The number of ether oxygens (including phenoxy) is 1. The SMILES string of the molecule is CC(CCNCCOCC(F)(F)F)S(C)=O. The molecule has 0 aliphatic heterocycles. The van der Waals surface area contributed by atoms with Gasteiger partial charge in [0.15, 0.2) is 0 Å². The lowest BCUT2D eigenvalue weighted by molar-refractivity contribution is -0.173. The maximum absolute atomic E-state index is 11.6. The number of halogens is 3. The van der Waals surface area contributed by atoms with E-state index in [9.17, 15) is 17.4 Å². The fourth-order valence-electron chi connectivity index (χ4n) is 0.929. The van der Waals surface area contributed by atoms with Gasteiger partial charge in [0.1, 0.15) is 6.61 Å². The first-order chi connectivity index (χ1) is 7.33. The van der Waals surface area contributed by atoms with Gasteiger partial charge in [-0.3, -0.25) is 4.21 Å². The van der Waals surface area contributed by atoms with E-state index in [0.29, 0.717) is 13.1 Å². The average molecular weight is 261 g/mol. The Morgan fingerprint density at radius 3 is 2.50 bits per heavy atom. The Labute approximate surface area is 96.2 Å². The molecule has 0 saturated carbocycles. The highest BCUT2D eigenvalue weighted by Crippen LogP contribution is 2.13. The summed E-state index contributed by atoms with van der Waals surface area (Å²) in [5, 5.41) is 3.03. The first-order valence-electron chi connectivity index (χ1n) is 5.00. The summed E-state index contributed by atoms with van der Waals surface area (Å²) in [6.45, 7) is 1.71. The molecule has 16 heavy (non-hydrogen) atoms. The van der Waals surface area contributed by atoms with E-state index in [-0.39, 0.29) is 11.9 Å². The van der Waals surface area contributed by atoms with Crippen LogP contribution in [0.2, 0.25) is 0 Å². The molecule has 0 heterocycles. The fourth-order valence-corrected chi connectivity index (χ4v) is 1.38. The molecule has 98 valence electrons. The van der Waals surface area contributed by atoms with E-state index in [1.807, 2.05) is 6.92 Å². The van der Waals surface area contributed by atoms with Crippen molar-refractivity contribution in [1.29, 1.82) is 0 Å². The van der Waals surface area contributed by atoms with Crippen molar-refractivity contribution in [3.63, 3.8) is 0 Å². The zero-order valence-electron chi connectivity index (χ0n) is 9.47. The average Bonchev–Trinajstić information content (AvgIpc) is 2.14. The summed E-state index contributed by atoms with van der Waals surface area (Å²) in [5.41, 5.74) is 0. The topological polar surface area (TPSA) is 38.3 Å². The van der Waals surface area contributed by atoms with Crippen molar-refractivity contribution in [2.75, 3.05) is 32.6 Å². The van der Waals surface area contributed by atoms with Crippen LogP contribution in [0.5, 0.6) is 0 Å². The molecule has 0 aliphatic carbocycles. The summed E-state index contributed by atoms with van der Waals surface area (Å²) in [4.78, 5) is 0. The molecule has 0 aromatic carbocycles. The van der Waals surface area contributed by atoms with E-state index in [0.717, 1.165) is 6.42 Å². The van der Waals surface area contributed by atoms with Gasteiger partial charge >= 0.3 is 6.18 Å². The number of rotatable bonds is 8. The smallest absolute Gasteiger partial charge is 0.371 e. The molecule has 0 aromatic rings. The quantitative estimate of drug-likeness (QED) is 0.670. The predicted octanol–water partition coefficient (Wildman–Crippen LogP) is 1.31. The second-order valence-electron chi connectivity index (χ2n) is 3.52. The van der Waals surface area contributed by atoms with Gasteiger partial charge in [0.05, 0.1) is 6.61 Å². The van der Waals surface area contributed by atoms with Gasteiger partial charge in [-0.15, -0.1) is 0 Å². The minimum atomic E-state index is -4.26. The monoisotopic (exact) mass is 261 g/mol. The van der Waals surface area contributed by atoms with Crippen LogP contribution in [-0.2, 0) is 15.5 Å². The van der Waals surface area contributed by atoms with E-state index in [1.54, 1.807) is 6.26 Å². The molecule has 0 rings (SSSR count). The van der Waals surface area contributed by atoms with Crippen molar-refractivity contribution in [3.8, 4) is 0 Å². The number of hydrogen-bond acceptors (Lipinski definition) is 3. The van der Waals surface area contributed by atoms with Crippen molar-refractivity contribution < 1.29 is 22.1 Å². The summed E-state index contributed by atoms with van der Waals surface area (Å²) in [5.74, 6) is 0. The molecule has 2 unspecified atom stereocenters. The van der Waals surface area contributed by atoms with E-state index >= 15 is 0 Å². The molecule has 3 nitrogen and oxygen atoms in total. The summed E-state index contributed by atoms with van der Waals surface area (Å²) in [6, 6.07) is 0. The van der Waals surface area contributed by atoms with Crippen LogP contribution in [0.3, 0.4) is 0 Å². The fraction of sp³-hybridized carbons (Fsp3) is 1.00. The lowest BCUT2D eigenvalue weighted by Crippen LogP contribution is -2.26. The lowest BCUT2D eigenvalue weighted by Gasteiger charge is -2.10. The van der Waals surface area contributed by atoms with Crippen molar-refractivity contribution in [3.05, 3.63) is 0 Å². The van der Waals surface area contributed by atoms with Gasteiger partial charge in [0.25, 0.3) is 0 Å². The van der Waals surface area contributed by atoms with E-state index in [2.05, 4.69) is 10.1 Å². The number of hydrogen-bond donors (Lipinski definition) is 1. The molecule has 0 aromatic heterocycles. The highest BCUT2D eigenvalue weighted by molar-refractivity contribution is 7.84. The predicted molar refractivity (Wildman–Crippen MR) is 57.9 cm³/mol. The number of alkyl halides is 3. The molecule has 0 saturated heterocycles. The molecule has 1 N–H and O–H groups in total. The molecule has 0 radical (unpaired) electrons. The van der Waals surface area contributed by atoms with Crippen molar-refractivity contribution in [2.24, 2.45) is 0 Å². The molecular formula is C9H18F3NO2S. The Kier molecular flexibility index (Phi) is 7.96. The van der Waals surface area contributed by atoms with Crippen molar-refractivity contribution in [2.45, 2.75) is 24.8 Å². The Balaban J connectivity index is 3.25. The normalized spacial score (nSPS) is 16.1. The van der Waals surface area contributed by atoms with Crippen LogP contribution in [-0.4, -0.2) is 48.2 Å². The third-order valence-electron chi connectivity index (χ3n) is 1.98. The molecule has 7 heteroatoms. The minimum absolute atomic E-state index is 0.0309. The van der Waals surface area contributed by atoms with Gasteiger partial charge in [-0.05, 0) is 13.0 Å². The Morgan fingerprint density at radius 1 is 1.38 bits per heavy atom. The minimum Gasteiger partial charge on any atom is -0.371 e. The Bertz CT molecular complexity index is 211. The zero-order valence-corrected chi connectivity index (χ0v) is 10.3. The Morgan fingerprint density at radius 2 is 2.00 bits per heavy atom. The van der Waals surface area contributed by atoms with Gasteiger partial charge in [-0.1, -0.05) is 6.92 Å². The highest BCUT2D eigenvalue weighted by atomic mass is 32.2. The lowest BCUT2D eigenvalue weighted by atomic mass is 10.3. The van der Waals surface area contributed by atoms with Gasteiger partial charge in [0, 0.05) is 28.9 Å². The maximum atomic E-state index is 11.6. The van der Waals surface area contributed by atoms with Crippen LogP contribution in [0.4, 0.5) is 13.2 Å². The van der Waals surface area contributed by atoms with Crippen LogP contribution in [0.1, 0.15) is 13.3 Å². The van der Waals surface area contributed by atoms with Crippen molar-refractivity contribution in [1.82, 2.24) is 5.32 Å². The molecule has 0 spiro atoms. The van der Waals surface area contributed by atoms with Crippen LogP contribution < -0.4 is 5.32 Å². The molecular weight excluding hydrogens is 243 g/mol. The zero-order chi connectivity index (χ0) is 12.6. The van der Waals surface area contributed by atoms with Gasteiger partial charge in [-0.2, -0.15) is 13.2 Å². The summed E-state index contributed by atoms with van der Waals surface area (Å²) in [7, 11) is -0.851. The van der Waals surface area contributed by atoms with Crippen molar-refractivity contribution >= 4 is 10.8 Å². The molecule has 2 atom stereocenters. The second-order valence-corrected chi connectivity index (χ2v) is 5.32. The first-order valence-corrected chi connectivity index (χ1v) is 6.62. The van der Waals surface area contributed by atoms with Gasteiger partial charge in [0.2, 0.25) is 0 Å². The number of nitrogens with one attached hydrogen (secondary N) is 1. The van der Waals surface area contributed by atoms with E-state index in [4.69, 9.17) is 0 Å². The van der Waals surface area contributed by atoms with Crippen LogP contribution in [0.15, 0.2) is 0 Å². The summed E-state index contributed by atoms with van der Waals surface area (Å²) < 4.78 is 50.3. The third-order valence-corrected chi connectivity index (χ3v) is 3.35. The van der Waals surface area contributed by atoms with Crippen LogP contribution >= 0.6 is 0 Å². The molecule has 0 bridgehead atoms. The first kappa shape index (κ1) is 15.9. The molecule has 0 amide bonds. The maximum Gasteiger partial charge on any atom is 0.411 e. The summed E-state index contributed by atoms with van der Waals surface area (Å²) in [6.07, 6.45) is -1.88. The summed E-state index contributed by atoms with van der Waals surface area (Å²) >= 11 is 0. The van der Waals surface area contributed by atoms with Gasteiger partial charge in [-0.25, -0.2) is 0 Å².